The van der Waals surface area contributed by atoms with E-state index in [1.807, 2.05) is 24.3 Å². The molecule has 0 fully saturated rings. The zero-order valence-electron chi connectivity index (χ0n) is 18.0. The van der Waals surface area contributed by atoms with Crippen molar-refractivity contribution in [1.82, 2.24) is 23.7 Å². The number of anilines is 3. The van der Waals surface area contributed by atoms with Crippen molar-refractivity contribution in [1.29, 1.82) is 0 Å². The smallest absolute Gasteiger partial charge is 0.341 e. The second-order valence-corrected chi connectivity index (χ2v) is 6.91. The first-order valence-corrected chi connectivity index (χ1v) is 9.65. The number of rotatable bonds is 8. The summed E-state index contributed by atoms with van der Waals surface area (Å²) in [6, 6.07) is 7.37. The molecule has 10 heteroatoms. The fourth-order valence-electron chi connectivity index (χ4n) is 3.30. The van der Waals surface area contributed by atoms with Gasteiger partial charge >= 0.3 is 5.69 Å². The molecule has 2 N–H and O–H groups in total. The Morgan fingerprint density at radius 3 is 2.72 bits per heavy atom. The van der Waals surface area contributed by atoms with E-state index in [9.17, 15) is 4.79 Å². The van der Waals surface area contributed by atoms with Crippen molar-refractivity contribution in [2.24, 2.45) is 7.05 Å². The largest absolute Gasteiger partial charge is 0.481 e. The summed E-state index contributed by atoms with van der Waals surface area (Å²) in [7, 11) is 4.82. The molecule has 0 bridgehead atoms. The third kappa shape index (κ3) is 3.69. The zero-order valence-corrected chi connectivity index (χ0v) is 18.0. The van der Waals surface area contributed by atoms with Crippen LogP contribution in [0.3, 0.4) is 0 Å². The highest BCUT2D eigenvalue weighted by Gasteiger charge is 2.18. The fraction of sp³-hybridized carbons (Fsp3) is 0.136. The first-order valence-electron chi connectivity index (χ1n) is 9.65. The van der Waals surface area contributed by atoms with E-state index in [1.165, 1.54) is 29.4 Å². The minimum Gasteiger partial charge on any atom is -0.481 e. The van der Waals surface area contributed by atoms with Crippen LogP contribution in [0, 0.1) is 0 Å². The number of benzene rings is 1. The van der Waals surface area contributed by atoms with Crippen LogP contribution in [-0.2, 0) is 7.05 Å². The topological polar surface area (TPSA) is 99.6 Å². The minimum absolute atomic E-state index is 0.315. The second kappa shape index (κ2) is 8.34. The molecule has 4 rings (SSSR count). The van der Waals surface area contributed by atoms with Crippen LogP contribution >= 0.6 is 0 Å². The van der Waals surface area contributed by atoms with E-state index in [2.05, 4.69) is 33.9 Å². The van der Waals surface area contributed by atoms with E-state index in [0.29, 0.717) is 40.2 Å². The summed E-state index contributed by atoms with van der Waals surface area (Å²) in [6.07, 6.45) is 6.57. The Morgan fingerprint density at radius 1 is 1.19 bits per heavy atom. The van der Waals surface area contributed by atoms with Crippen LogP contribution in [0.5, 0.6) is 11.8 Å². The van der Waals surface area contributed by atoms with Gasteiger partial charge in [0.25, 0.3) is 5.88 Å². The molecule has 0 saturated carbocycles. The van der Waals surface area contributed by atoms with E-state index >= 15 is 0 Å². The van der Waals surface area contributed by atoms with Crippen LogP contribution in [-0.4, -0.2) is 38.0 Å². The summed E-state index contributed by atoms with van der Waals surface area (Å²) in [6.45, 7) is 7.57. The third-order valence-corrected chi connectivity index (χ3v) is 4.77. The van der Waals surface area contributed by atoms with Crippen LogP contribution in [0.25, 0.3) is 11.3 Å². The third-order valence-electron chi connectivity index (χ3n) is 4.77. The lowest BCUT2D eigenvalue weighted by Gasteiger charge is -2.14. The number of nitrogens with zero attached hydrogens (tertiary/aromatic N) is 5. The summed E-state index contributed by atoms with van der Waals surface area (Å²) in [5.74, 6) is 0.728. The molecule has 32 heavy (non-hydrogen) atoms. The summed E-state index contributed by atoms with van der Waals surface area (Å²) in [4.78, 5) is 17.7. The molecule has 0 radical (unpaired) electrons. The molecule has 10 nitrogen and oxygen atoms in total. The maximum absolute atomic E-state index is 13.4. The lowest BCUT2D eigenvalue weighted by molar-refractivity contribution is 0.391. The minimum atomic E-state index is -0.335. The number of aromatic nitrogens is 5. The van der Waals surface area contributed by atoms with E-state index in [-0.39, 0.29) is 5.69 Å². The Bertz CT molecular complexity index is 1380. The van der Waals surface area contributed by atoms with Gasteiger partial charge in [0, 0.05) is 24.6 Å². The van der Waals surface area contributed by atoms with Gasteiger partial charge in [-0.1, -0.05) is 19.2 Å². The molecule has 0 aliphatic heterocycles. The van der Waals surface area contributed by atoms with Crippen LogP contribution in [0.2, 0.25) is 0 Å². The van der Waals surface area contributed by atoms with Crippen LogP contribution in [0.4, 0.5) is 17.1 Å². The monoisotopic (exact) mass is 433 g/mol. The number of allylic oxidation sites excluding steroid dienone is 1. The van der Waals surface area contributed by atoms with Gasteiger partial charge in [-0.25, -0.2) is 14.2 Å². The molecule has 0 atom stereocenters. The maximum Gasteiger partial charge on any atom is 0.341 e. The van der Waals surface area contributed by atoms with Crippen molar-refractivity contribution < 1.29 is 9.47 Å². The number of nitrogens with one attached hydrogen (secondary N) is 2. The molecule has 0 unspecified atom stereocenters. The average molecular weight is 433 g/mol. The Kier molecular flexibility index (Phi) is 5.42. The number of fused-ring (bicyclic) bond motifs is 1. The fourth-order valence-corrected chi connectivity index (χ4v) is 3.30. The van der Waals surface area contributed by atoms with Crippen LogP contribution in [0.1, 0.15) is 0 Å². The van der Waals surface area contributed by atoms with Crippen molar-refractivity contribution in [2.75, 3.05) is 24.9 Å². The van der Waals surface area contributed by atoms with Crippen LogP contribution < -0.4 is 25.8 Å². The molecule has 3 aromatic heterocycles. The maximum atomic E-state index is 13.4. The highest BCUT2D eigenvalue weighted by molar-refractivity contribution is 5.75. The Morgan fingerprint density at radius 2 is 2.00 bits per heavy atom. The molecular formula is C22H23N7O3. The zero-order chi connectivity index (χ0) is 22.8. The molecule has 164 valence electrons. The highest BCUT2D eigenvalue weighted by atomic mass is 16.5. The highest BCUT2D eigenvalue weighted by Crippen LogP contribution is 2.29. The Labute approximate surface area is 184 Å². The lowest BCUT2D eigenvalue weighted by Crippen LogP contribution is -2.26. The molecule has 4 aromatic rings. The predicted molar refractivity (Wildman–Crippen MR) is 123 cm³/mol. The Hall–Kier alpha value is -4.47. The van der Waals surface area contributed by atoms with Crippen molar-refractivity contribution in [3.05, 3.63) is 78.3 Å². The van der Waals surface area contributed by atoms with Crippen molar-refractivity contribution >= 4 is 22.7 Å². The Balaban J connectivity index is 1.89. The SMILES string of the molecule is C=CC(=C)Nc1cccc(-n2cc(Nc3cn(C)nc3OC)c3ncc(OC)n3c2=O)c1. The summed E-state index contributed by atoms with van der Waals surface area (Å²) >= 11 is 0. The summed E-state index contributed by atoms with van der Waals surface area (Å²) in [5.41, 5.74) is 3.30. The molecule has 3 heterocycles. The van der Waals surface area contributed by atoms with Gasteiger partial charge < -0.3 is 20.1 Å². The van der Waals surface area contributed by atoms with Crippen molar-refractivity contribution in [3.8, 4) is 17.4 Å². The predicted octanol–water partition coefficient (Wildman–Crippen LogP) is 3.09. The van der Waals surface area contributed by atoms with Gasteiger partial charge in [-0.15, -0.1) is 5.10 Å². The van der Waals surface area contributed by atoms with E-state index in [0.717, 1.165) is 5.69 Å². The van der Waals surface area contributed by atoms with E-state index in [4.69, 9.17) is 9.47 Å². The van der Waals surface area contributed by atoms with Gasteiger partial charge in [0.2, 0.25) is 5.88 Å². The van der Waals surface area contributed by atoms with Gasteiger partial charge in [0.1, 0.15) is 5.69 Å². The molecule has 0 spiro atoms. The van der Waals surface area contributed by atoms with Gasteiger partial charge in [-0.05, 0) is 24.3 Å². The molecule has 0 saturated heterocycles. The lowest BCUT2D eigenvalue weighted by atomic mass is 10.2. The van der Waals surface area contributed by atoms with E-state index < -0.39 is 0 Å². The standard InChI is InChI=1S/C22H23N7O3/c1-6-14(2)24-15-8-7-9-16(10-15)28-13-17(25-18-12-27(3)26-21(18)32-5)20-23-11-19(31-4)29(20)22(28)30/h6-13,24-25H,1-2H2,3-5H3. The quantitative estimate of drug-likeness (QED) is 0.412. The summed E-state index contributed by atoms with van der Waals surface area (Å²) < 4.78 is 15.2. The summed E-state index contributed by atoms with van der Waals surface area (Å²) in [5, 5.41) is 10.7. The van der Waals surface area contributed by atoms with Gasteiger partial charge in [-0.2, -0.15) is 0 Å². The molecule has 0 amide bonds. The number of methoxy groups -OCH3 is 2. The molecule has 0 aliphatic rings. The first-order chi connectivity index (χ1) is 15.4. The second-order valence-electron chi connectivity index (χ2n) is 6.91. The average Bonchev–Trinajstić information content (AvgIpc) is 3.39. The van der Waals surface area contributed by atoms with Gasteiger partial charge in [0.15, 0.2) is 5.65 Å². The van der Waals surface area contributed by atoms with E-state index in [1.54, 1.807) is 30.2 Å². The number of imidazole rings is 1. The van der Waals surface area contributed by atoms with Crippen molar-refractivity contribution in [3.63, 3.8) is 0 Å². The number of hydrogen-bond acceptors (Lipinski definition) is 7. The first kappa shape index (κ1) is 20.8. The number of aryl methyl sites for hydroxylation is 1. The molecule has 0 aliphatic carbocycles. The van der Waals surface area contributed by atoms with Gasteiger partial charge in [-0.3, -0.25) is 9.25 Å². The van der Waals surface area contributed by atoms with Gasteiger partial charge in [0.05, 0.1) is 38.0 Å². The normalized spacial score (nSPS) is 10.7. The number of ether oxygens (including phenoxy) is 2. The van der Waals surface area contributed by atoms with Crippen LogP contribution in [0.15, 0.2) is 72.6 Å². The molecule has 1 aromatic carbocycles. The molecular weight excluding hydrogens is 410 g/mol. The number of hydrogen-bond donors (Lipinski definition) is 2. The van der Waals surface area contributed by atoms with Crippen molar-refractivity contribution in [2.45, 2.75) is 0 Å².